The topological polar surface area (TPSA) is 72.4 Å². The molecule has 1 aliphatic heterocycles. The average Bonchev–Trinajstić information content (AvgIpc) is 3.57. The molecule has 0 N–H and O–H groups in total. The molecule has 13 heteroatoms. The summed E-state index contributed by atoms with van der Waals surface area (Å²) in [6.07, 6.45) is -0.624. The first kappa shape index (κ1) is 27.8. The van der Waals surface area contributed by atoms with Gasteiger partial charge in [0.1, 0.15) is 21.2 Å². The van der Waals surface area contributed by atoms with Crippen LogP contribution < -0.4 is 0 Å². The second-order valence-corrected chi connectivity index (χ2v) is 11.8. The van der Waals surface area contributed by atoms with Crippen LogP contribution in [0.2, 0.25) is 0 Å². The van der Waals surface area contributed by atoms with Gasteiger partial charge in [-0.1, -0.05) is 29.6 Å². The summed E-state index contributed by atoms with van der Waals surface area (Å²) in [6, 6.07) is 8.29. The van der Waals surface area contributed by atoms with E-state index in [1.54, 1.807) is 17.0 Å². The van der Waals surface area contributed by atoms with Gasteiger partial charge in [-0.3, -0.25) is 9.69 Å². The first-order valence-corrected chi connectivity index (χ1v) is 13.8. The van der Waals surface area contributed by atoms with Crippen molar-refractivity contribution in [2.45, 2.75) is 49.7 Å². The van der Waals surface area contributed by atoms with Crippen LogP contribution in [0, 0.1) is 17.7 Å². The molecule has 3 aromatic rings. The molecule has 0 unspecified atom stereocenters. The molecular formula is C28H23F6N3O3S. The summed E-state index contributed by atoms with van der Waals surface area (Å²) < 4.78 is 83.2. The van der Waals surface area contributed by atoms with Crippen molar-refractivity contribution in [3.05, 3.63) is 59.6 Å². The highest BCUT2D eigenvalue weighted by Gasteiger charge is 2.49. The minimum atomic E-state index is -5.24. The van der Waals surface area contributed by atoms with E-state index in [9.17, 15) is 31.5 Å². The number of rotatable bonds is 6. The third kappa shape index (κ3) is 5.49. The van der Waals surface area contributed by atoms with Crippen molar-refractivity contribution in [1.29, 1.82) is 0 Å². The van der Waals surface area contributed by atoms with Crippen LogP contribution in [0.4, 0.5) is 26.3 Å². The Morgan fingerprint density at radius 1 is 1.05 bits per heavy atom. The van der Waals surface area contributed by atoms with Crippen LogP contribution in [0.5, 0.6) is 0 Å². The molecule has 41 heavy (non-hydrogen) atoms. The zero-order chi connectivity index (χ0) is 29.2. The third-order valence-electron chi connectivity index (χ3n) is 8.00. The number of alkyl halides is 5. The average molecular weight is 596 g/mol. The van der Waals surface area contributed by atoms with Gasteiger partial charge in [0.25, 0.3) is 0 Å². The predicted molar refractivity (Wildman–Crippen MR) is 136 cm³/mol. The van der Waals surface area contributed by atoms with Gasteiger partial charge in [-0.15, -0.1) is 0 Å². The zero-order valence-electron chi connectivity index (χ0n) is 21.4. The number of hydrogen-bond acceptors (Lipinski definition) is 7. The molecule has 0 spiro atoms. The number of ether oxygens (including phenoxy) is 1. The lowest BCUT2D eigenvalue weighted by atomic mass is 9.73. The lowest BCUT2D eigenvalue weighted by Crippen LogP contribution is -2.51. The van der Waals surface area contributed by atoms with Gasteiger partial charge >= 0.3 is 18.1 Å². The molecule has 1 saturated heterocycles. The van der Waals surface area contributed by atoms with E-state index in [-0.39, 0.29) is 44.0 Å². The molecule has 216 valence electrons. The number of aromatic nitrogens is 2. The second kappa shape index (κ2) is 9.90. The van der Waals surface area contributed by atoms with E-state index >= 15 is 4.39 Å². The molecule has 6 rings (SSSR count). The van der Waals surface area contributed by atoms with Crippen LogP contribution >= 0.6 is 11.3 Å². The van der Waals surface area contributed by atoms with Gasteiger partial charge < -0.3 is 4.74 Å². The Balaban J connectivity index is 1.10. The fourth-order valence-corrected chi connectivity index (χ4v) is 6.57. The molecule has 3 aliphatic rings. The van der Waals surface area contributed by atoms with E-state index < -0.39 is 41.2 Å². The molecule has 1 saturated carbocycles. The summed E-state index contributed by atoms with van der Waals surface area (Å²) in [6.45, 7) is 0.416. The van der Waals surface area contributed by atoms with E-state index in [2.05, 4.69) is 9.72 Å². The van der Waals surface area contributed by atoms with Crippen molar-refractivity contribution in [3.8, 4) is 10.6 Å². The number of thiazole rings is 1. The van der Waals surface area contributed by atoms with E-state index in [1.807, 2.05) is 24.3 Å². The Morgan fingerprint density at radius 2 is 1.76 bits per heavy atom. The van der Waals surface area contributed by atoms with Crippen molar-refractivity contribution in [2.24, 2.45) is 11.8 Å². The highest BCUT2D eigenvalue weighted by atomic mass is 32.1. The van der Waals surface area contributed by atoms with Crippen molar-refractivity contribution in [2.75, 3.05) is 13.1 Å². The monoisotopic (exact) mass is 595 g/mol. The van der Waals surface area contributed by atoms with E-state index in [0.717, 1.165) is 5.69 Å². The van der Waals surface area contributed by atoms with Crippen LogP contribution in [0.25, 0.3) is 20.9 Å². The number of carbonyl (C=O) groups is 2. The lowest BCUT2D eigenvalue weighted by molar-refractivity contribution is -0.204. The first-order valence-electron chi connectivity index (χ1n) is 13.0. The van der Waals surface area contributed by atoms with Crippen LogP contribution in [-0.4, -0.2) is 52.0 Å². The quantitative estimate of drug-likeness (QED) is 0.146. The van der Waals surface area contributed by atoms with Gasteiger partial charge in [-0.05, 0) is 48.6 Å². The van der Waals surface area contributed by atoms with Crippen molar-refractivity contribution < 1.29 is 40.7 Å². The molecule has 2 aromatic heterocycles. The standard InChI is InChI=1S/C28H23F6N3O3S/c29-19-11-15(12-37-13-16(14-37)24(38)40-25(39)28(32,33)34)1-2-18(19)22-35-20-3-4-21(36-23(20)41-22)26(9-10-26)17-5-7-27(30,31)8-6-17/h1-4,9-11,16-17H,5-8,12-14H2. The van der Waals surface area contributed by atoms with Crippen molar-refractivity contribution in [3.63, 3.8) is 0 Å². The number of nitrogens with zero attached hydrogens (tertiary/aromatic N) is 3. The summed E-state index contributed by atoms with van der Waals surface area (Å²) in [5.74, 6) is -7.70. The van der Waals surface area contributed by atoms with Gasteiger partial charge in [0.15, 0.2) is 0 Å². The maximum atomic E-state index is 15.1. The second-order valence-electron chi connectivity index (χ2n) is 10.8. The lowest BCUT2D eigenvalue weighted by Gasteiger charge is -2.37. The van der Waals surface area contributed by atoms with Gasteiger partial charge in [0.2, 0.25) is 5.92 Å². The summed E-state index contributed by atoms with van der Waals surface area (Å²) in [5.41, 5.74) is 1.84. The maximum absolute atomic E-state index is 15.1. The Hall–Kier alpha value is -3.32. The van der Waals surface area contributed by atoms with E-state index in [4.69, 9.17) is 4.98 Å². The number of benzene rings is 1. The highest BCUT2D eigenvalue weighted by Crippen LogP contribution is 2.52. The fourth-order valence-electron chi connectivity index (χ4n) is 5.60. The number of pyridine rings is 1. The molecule has 0 amide bonds. The van der Waals surface area contributed by atoms with E-state index in [0.29, 0.717) is 33.8 Å². The van der Waals surface area contributed by atoms with Gasteiger partial charge in [-0.25, -0.2) is 27.9 Å². The number of hydrogen-bond donors (Lipinski definition) is 0. The minimum Gasteiger partial charge on any atom is -0.386 e. The first-order chi connectivity index (χ1) is 19.3. The third-order valence-corrected chi connectivity index (χ3v) is 9.00. The molecule has 2 fully saturated rings. The molecule has 0 bridgehead atoms. The van der Waals surface area contributed by atoms with Crippen LogP contribution in [-0.2, 0) is 26.3 Å². The molecule has 0 atom stereocenters. The fraction of sp³-hybridized carbons (Fsp3) is 0.429. The normalized spacial score (nSPS) is 20.6. The summed E-state index contributed by atoms with van der Waals surface area (Å²) in [5, 5.41) is 0.435. The molecule has 3 heterocycles. The molecule has 1 aromatic carbocycles. The van der Waals surface area contributed by atoms with Gasteiger partial charge in [0.05, 0.1) is 17.0 Å². The summed E-state index contributed by atoms with van der Waals surface area (Å²) in [7, 11) is 0. The smallest absolute Gasteiger partial charge is 0.386 e. The largest absolute Gasteiger partial charge is 0.491 e. The van der Waals surface area contributed by atoms with Crippen LogP contribution in [0.1, 0.15) is 36.9 Å². The SMILES string of the molecule is O=C(OC(=O)C(F)(F)F)C1CN(Cc2ccc(-c3nc4ccc(C5(C6CCC(F)(F)CC6)C=C5)nc4s3)c(F)c2)C1. The molecular weight excluding hydrogens is 572 g/mol. The van der Waals surface area contributed by atoms with Crippen molar-refractivity contribution in [1.82, 2.24) is 14.9 Å². The van der Waals surface area contributed by atoms with Gasteiger partial charge in [-0.2, -0.15) is 13.2 Å². The van der Waals surface area contributed by atoms with Crippen molar-refractivity contribution >= 4 is 33.6 Å². The number of allylic oxidation sites excluding steroid dienone is 2. The molecule has 6 nitrogen and oxygen atoms in total. The summed E-state index contributed by atoms with van der Waals surface area (Å²) in [4.78, 5) is 34.2. The Morgan fingerprint density at radius 3 is 2.39 bits per heavy atom. The Labute approximate surface area is 234 Å². The van der Waals surface area contributed by atoms with Crippen LogP contribution in [0.15, 0.2) is 42.5 Å². The predicted octanol–water partition coefficient (Wildman–Crippen LogP) is 6.19. The molecule has 0 radical (unpaired) electrons. The minimum absolute atomic E-state index is 0.0687. The number of halogens is 6. The highest BCUT2D eigenvalue weighted by molar-refractivity contribution is 7.21. The van der Waals surface area contributed by atoms with E-state index in [1.165, 1.54) is 17.4 Å². The number of esters is 2. The molecule has 2 aliphatic carbocycles. The number of carbonyl (C=O) groups excluding carboxylic acids is 2. The number of fused-ring (bicyclic) bond motifs is 1. The summed E-state index contributed by atoms with van der Waals surface area (Å²) >= 11 is 1.23. The Bertz CT molecular complexity index is 1550. The Kier molecular flexibility index (Phi) is 6.72. The number of likely N-dealkylation sites (tertiary alicyclic amines) is 1. The van der Waals surface area contributed by atoms with Crippen LogP contribution in [0.3, 0.4) is 0 Å². The van der Waals surface area contributed by atoms with Gasteiger partial charge in [0, 0.05) is 38.0 Å². The maximum Gasteiger partial charge on any atom is 0.491 e. The zero-order valence-corrected chi connectivity index (χ0v) is 22.2.